The van der Waals surface area contributed by atoms with E-state index in [1.165, 1.54) is 41.0 Å². The van der Waals surface area contributed by atoms with Gasteiger partial charge in [0.1, 0.15) is 0 Å². The standard InChI is InChI=1S/C25H33N5OS/c1-18-8-10-20(11-9-18)23-22(30-16-19(2)32-25(30)27-23)17-28-12-14-29(15-13-28)24(31)26-21-6-4-3-5-7-21/h8-11,16,21H,3-7,12-15,17H2,1-2H3,(H,26,31). The Labute approximate surface area is 194 Å². The first kappa shape index (κ1) is 21.5. The number of hydrogen-bond donors (Lipinski definition) is 1. The lowest BCUT2D eigenvalue weighted by Gasteiger charge is -2.36. The normalized spacial score (nSPS) is 18.4. The SMILES string of the molecule is Cc1ccc(-c2nc3sc(C)cn3c2CN2CCN(C(=O)NC3CCCCC3)CC2)cc1. The fourth-order valence-corrected chi connectivity index (χ4v) is 5.77. The summed E-state index contributed by atoms with van der Waals surface area (Å²) in [5, 5.41) is 3.27. The molecule has 1 saturated heterocycles. The van der Waals surface area contributed by atoms with Crippen LogP contribution in [0.15, 0.2) is 30.5 Å². The summed E-state index contributed by atoms with van der Waals surface area (Å²) in [6, 6.07) is 9.14. The quantitative estimate of drug-likeness (QED) is 0.618. The van der Waals surface area contributed by atoms with Crippen LogP contribution in [0.5, 0.6) is 0 Å². The topological polar surface area (TPSA) is 52.9 Å². The third kappa shape index (κ3) is 4.55. The molecule has 3 heterocycles. The molecular weight excluding hydrogens is 418 g/mol. The molecule has 1 aromatic carbocycles. The van der Waals surface area contributed by atoms with E-state index in [4.69, 9.17) is 4.98 Å². The first-order valence-corrected chi connectivity index (χ1v) is 12.7. The summed E-state index contributed by atoms with van der Waals surface area (Å²) in [7, 11) is 0. The number of aryl methyl sites for hydroxylation is 2. The Bertz CT molecular complexity index is 1070. The number of piperazine rings is 1. The van der Waals surface area contributed by atoms with Crippen molar-refractivity contribution in [2.24, 2.45) is 0 Å². The number of amides is 2. The molecule has 7 heteroatoms. The Morgan fingerprint density at radius 2 is 1.78 bits per heavy atom. The lowest BCUT2D eigenvalue weighted by Crippen LogP contribution is -2.53. The second-order valence-electron chi connectivity index (χ2n) is 9.32. The van der Waals surface area contributed by atoms with E-state index >= 15 is 0 Å². The van der Waals surface area contributed by atoms with E-state index in [2.05, 4.69) is 58.9 Å². The molecule has 0 bridgehead atoms. The third-order valence-corrected chi connectivity index (χ3v) is 7.73. The maximum Gasteiger partial charge on any atom is 0.317 e. The number of urea groups is 1. The highest BCUT2D eigenvalue weighted by Gasteiger charge is 2.26. The van der Waals surface area contributed by atoms with Gasteiger partial charge in [0, 0.05) is 55.4 Å². The van der Waals surface area contributed by atoms with Crippen molar-refractivity contribution in [3.63, 3.8) is 0 Å². The molecule has 1 N–H and O–H groups in total. The summed E-state index contributed by atoms with van der Waals surface area (Å²) < 4.78 is 2.26. The van der Waals surface area contributed by atoms with E-state index in [0.717, 1.165) is 56.2 Å². The molecule has 32 heavy (non-hydrogen) atoms. The highest BCUT2D eigenvalue weighted by atomic mass is 32.1. The van der Waals surface area contributed by atoms with Crippen molar-refractivity contribution in [2.75, 3.05) is 26.2 Å². The number of thiazole rings is 1. The second kappa shape index (κ2) is 9.24. The smallest absolute Gasteiger partial charge is 0.317 e. The number of nitrogens with one attached hydrogen (secondary N) is 1. The van der Waals surface area contributed by atoms with Gasteiger partial charge in [-0.05, 0) is 26.7 Å². The van der Waals surface area contributed by atoms with Gasteiger partial charge in [-0.25, -0.2) is 9.78 Å². The van der Waals surface area contributed by atoms with Gasteiger partial charge in [-0.2, -0.15) is 0 Å². The van der Waals surface area contributed by atoms with Gasteiger partial charge in [-0.1, -0.05) is 49.1 Å². The van der Waals surface area contributed by atoms with Gasteiger partial charge in [0.05, 0.1) is 11.4 Å². The molecule has 2 aromatic heterocycles. The van der Waals surface area contributed by atoms with Gasteiger partial charge in [-0.15, -0.1) is 11.3 Å². The largest absolute Gasteiger partial charge is 0.335 e. The average molecular weight is 452 g/mol. The van der Waals surface area contributed by atoms with Gasteiger partial charge >= 0.3 is 6.03 Å². The monoisotopic (exact) mass is 451 g/mol. The van der Waals surface area contributed by atoms with Crippen molar-refractivity contribution >= 4 is 22.3 Å². The number of benzene rings is 1. The Hall–Kier alpha value is -2.38. The predicted octanol–water partition coefficient (Wildman–Crippen LogP) is 4.84. The number of rotatable bonds is 4. The van der Waals surface area contributed by atoms with Crippen LogP contribution < -0.4 is 5.32 Å². The Balaban J connectivity index is 1.27. The molecule has 1 aliphatic heterocycles. The fraction of sp³-hybridized carbons (Fsp3) is 0.520. The maximum absolute atomic E-state index is 12.7. The molecule has 2 fully saturated rings. The summed E-state index contributed by atoms with van der Waals surface area (Å²) in [6.07, 6.45) is 8.25. The van der Waals surface area contributed by atoms with Crippen LogP contribution in [0.3, 0.4) is 0 Å². The first-order chi connectivity index (χ1) is 15.6. The molecule has 2 amide bonds. The van der Waals surface area contributed by atoms with Crippen molar-refractivity contribution in [2.45, 2.75) is 58.5 Å². The molecule has 5 rings (SSSR count). The Morgan fingerprint density at radius 1 is 1.06 bits per heavy atom. The molecule has 170 valence electrons. The molecular formula is C25H33N5OS. The number of aromatic nitrogens is 2. The van der Waals surface area contributed by atoms with Crippen LogP contribution in [0.2, 0.25) is 0 Å². The number of carbonyl (C=O) groups is 1. The van der Waals surface area contributed by atoms with Gasteiger partial charge in [0.2, 0.25) is 0 Å². The van der Waals surface area contributed by atoms with Crippen molar-refractivity contribution in [1.29, 1.82) is 0 Å². The first-order valence-electron chi connectivity index (χ1n) is 11.9. The Kier molecular flexibility index (Phi) is 6.20. The minimum absolute atomic E-state index is 0.122. The average Bonchev–Trinajstić information content (AvgIpc) is 3.32. The van der Waals surface area contributed by atoms with Gasteiger partial charge in [0.25, 0.3) is 0 Å². The van der Waals surface area contributed by atoms with Crippen molar-refractivity contribution in [3.05, 3.63) is 46.6 Å². The number of fused-ring (bicyclic) bond motifs is 1. The van der Waals surface area contributed by atoms with Gasteiger partial charge in [-0.3, -0.25) is 9.30 Å². The fourth-order valence-electron chi connectivity index (χ4n) is 4.93. The van der Waals surface area contributed by atoms with E-state index in [1.807, 2.05) is 4.90 Å². The summed E-state index contributed by atoms with van der Waals surface area (Å²) in [5.41, 5.74) is 4.75. The molecule has 0 radical (unpaired) electrons. The summed E-state index contributed by atoms with van der Waals surface area (Å²) in [4.78, 5) is 24.5. The summed E-state index contributed by atoms with van der Waals surface area (Å²) in [6.45, 7) is 8.44. The van der Waals surface area contributed by atoms with Gasteiger partial charge < -0.3 is 10.2 Å². The minimum atomic E-state index is 0.122. The molecule has 1 aliphatic carbocycles. The van der Waals surface area contributed by atoms with E-state index in [9.17, 15) is 4.79 Å². The number of imidazole rings is 1. The zero-order valence-corrected chi connectivity index (χ0v) is 20.0. The zero-order chi connectivity index (χ0) is 22.1. The predicted molar refractivity (Wildman–Crippen MR) is 130 cm³/mol. The van der Waals surface area contributed by atoms with Gasteiger partial charge in [0.15, 0.2) is 4.96 Å². The van der Waals surface area contributed by atoms with E-state index in [-0.39, 0.29) is 6.03 Å². The van der Waals surface area contributed by atoms with Crippen molar-refractivity contribution in [1.82, 2.24) is 24.5 Å². The third-order valence-electron chi connectivity index (χ3n) is 6.83. The molecule has 0 atom stereocenters. The highest BCUT2D eigenvalue weighted by molar-refractivity contribution is 7.17. The van der Waals surface area contributed by atoms with Crippen LogP contribution in [0, 0.1) is 13.8 Å². The molecule has 0 unspecified atom stereocenters. The van der Waals surface area contributed by atoms with Crippen LogP contribution in [0.1, 0.15) is 48.2 Å². The lowest BCUT2D eigenvalue weighted by molar-refractivity contribution is 0.131. The lowest BCUT2D eigenvalue weighted by atomic mass is 9.96. The van der Waals surface area contributed by atoms with Crippen LogP contribution >= 0.6 is 11.3 Å². The molecule has 0 spiro atoms. The highest BCUT2D eigenvalue weighted by Crippen LogP contribution is 2.30. The zero-order valence-electron chi connectivity index (χ0n) is 19.1. The molecule has 6 nitrogen and oxygen atoms in total. The molecule has 2 aliphatic rings. The molecule has 1 saturated carbocycles. The maximum atomic E-state index is 12.7. The number of carbonyl (C=O) groups excluding carboxylic acids is 1. The van der Waals surface area contributed by atoms with E-state index < -0.39 is 0 Å². The van der Waals surface area contributed by atoms with Crippen LogP contribution in [0.4, 0.5) is 4.79 Å². The van der Waals surface area contributed by atoms with Crippen molar-refractivity contribution in [3.8, 4) is 11.3 Å². The second-order valence-corrected chi connectivity index (χ2v) is 10.5. The minimum Gasteiger partial charge on any atom is -0.335 e. The number of hydrogen-bond acceptors (Lipinski definition) is 4. The summed E-state index contributed by atoms with van der Waals surface area (Å²) >= 11 is 1.74. The van der Waals surface area contributed by atoms with Crippen molar-refractivity contribution < 1.29 is 4.79 Å². The van der Waals surface area contributed by atoms with Crippen LogP contribution in [-0.4, -0.2) is 57.4 Å². The van der Waals surface area contributed by atoms with Crippen LogP contribution in [0.25, 0.3) is 16.2 Å². The Morgan fingerprint density at radius 3 is 2.50 bits per heavy atom. The molecule has 3 aromatic rings. The summed E-state index contributed by atoms with van der Waals surface area (Å²) in [5.74, 6) is 0. The van der Waals surface area contributed by atoms with E-state index in [0.29, 0.717) is 6.04 Å². The van der Waals surface area contributed by atoms with E-state index in [1.54, 1.807) is 11.3 Å². The van der Waals surface area contributed by atoms with Crippen LogP contribution in [-0.2, 0) is 6.54 Å². The number of nitrogens with zero attached hydrogens (tertiary/aromatic N) is 4.